The molecule has 0 bridgehead atoms. The van der Waals surface area contributed by atoms with E-state index in [1.54, 1.807) is 0 Å². The molecule has 5 nitrogen and oxygen atoms in total. The van der Waals surface area contributed by atoms with Crippen LogP contribution in [-0.4, -0.2) is 29.3 Å². The topological polar surface area (TPSA) is 52.7 Å². The molecule has 2 aromatic carbocycles. The Kier molecular flexibility index (Phi) is 4.57. The zero-order valence-electron chi connectivity index (χ0n) is 17.7. The minimum atomic E-state index is -1.17. The summed E-state index contributed by atoms with van der Waals surface area (Å²) in [5.74, 6) is 0.253. The molecule has 2 heterocycles. The van der Waals surface area contributed by atoms with Crippen LogP contribution in [0.15, 0.2) is 48.5 Å². The van der Waals surface area contributed by atoms with Gasteiger partial charge >= 0.3 is 0 Å². The Hall–Kier alpha value is -2.82. The van der Waals surface area contributed by atoms with Gasteiger partial charge in [-0.1, -0.05) is 63.4 Å². The van der Waals surface area contributed by atoms with Crippen LogP contribution in [-0.2, 0) is 10.5 Å². The van der Waals surface area contributed by atoms with Gasteiger partial charge in [-0.05, 0) is 37.0 Å². The van der Waals surface area contributed by atoms with E-state index >= 15 is 0 Å². The molecule has 2 amide bonds. The molecular weight excluding hydrogens is 374 g/mol. The van der Waals surface area contributed by atoms with E-state index in [2.05, 4.69) is 19.2 Å². The van der Waals surface area contributed by atoms with Gasteiger partial charge in [0.05, 0.1) is 11.3 Å². The Balaban J connectivity index is 1.73. The van der Waals surface area contributed by atoms with Gasteiger partial charge in [0.1, 0.15) is 0 Å². The second-order valence-electron chi connectivity index (χ2n) is 9.17. The number of benzene rings is 2. The van der Waals surface area contributed by atoms with Gasteiger partial charge in [0, 0.05) is 23.8 Å². The SMILES string of the molecule is CC(C)CN1C(=O)[C@@]2(Nc3ccccc3C(=O)N2C2CCCCC2)c2ccccc21. The number of nitrogens with one attached hydrogen (secondary N) is 1. The third-order valence-corrected chi connectivity index (χ3v) is 6.68. The molecule has 1 spiro atoms. The molecule has 30 heavy (non-hydrogen) atoms. The normalized spacial score (nSPS) is 23.7. The second kappa shape index (κ2) is 7.15. The highest BCUT2D eigenvalue weighted by atomic mass is 16.2. The van der Waals surface area contributed by atoms with E-state index in [-0.39, 0.29) is 17.9 Å². The molecule has 156 valence electrons. The molecule has 1 N–H and O–H groups in total. The molecule has 5 heteroatoms. The average molecular weight is 404 g/mol. The van der Waals surface area contributed by atoms with Crippen molar-refractivity contribution in [2.24, 2.45) is 5.92 Å². The van der Waals surface area contributed by atoms with Gasteiger partial charge in [-0.2, -0.15) is 0 Å². The lowest BCUT2D eigenvalue weighted by atomic mass is 9.86. The molecule has 2 aliphatic heterocycles. The largest absolute Gasteiger partial charge is 0.350 e. The van der Waals surface area contributed by atoms with Gasteiger partial charge < -0.3 is 15.1 Å². The van der Waals surface area contributed by atoms with E-state index in [9.17, 15) is 9.59 Å². The third kappa shape index (κ3) is 2.68. The Bertz CT molecular complexity index is 995. The Morgan fingerprint density at radius 1 is 1.00 bits per heavy atom. The summed E-state index contributed by atoms with van der Waals surface area (Å²) in [5, 5.41) is 3.57. The second-order valence-corrected chi connectivity index (χ2v) is 9.17. The first kappa shape index (κ1) is 19.2. The summed E-state index contributed by atoms with van der Waals surface area (Å²) in [6.45, 7) is 4.87. The minimum Gasteiger partial charge on any atom is -0.350 e. The highest BCUT2D eigenvalue weighted by Gasteiger charge is 2.60. The van der Waals surface area contributed by atoms with Crippen molar-refractivity contribution >= 4 is 23.2 Å². The minimum absolute atomic E-state index is 0.0363. The lowest BCUT2D eigenvalue weighted by Gasteiger charge is -2.49. The summed E-state index contributed by atoms with van der Waals surface area (Å²) in [6, 6.07) is 15.6. The van der Waals surface area contributed by atoms with Crippen LogP contribution in [0, 0.1) is 5.92 Å². The molecule has 0 saturated heterocycles. The predicted molar refractivity (Wildman–Crippen MR) is 118 cm³/mol. The van der Waals surface area contributed by atoms with E-state index in [1.807, 2.05) is 58.3 Å². The highest BCUT2D eigenvalue weighted by Crippen LogP contribution is 2.50. The summed E-state index contributed by atoms with van der Waals surface area (Å²) in [4.78, 5) is 31.8. The van der Waals surface area contributed by atoms with E-state index in [1.165, 1.54) is 6.42 Å². The van der Waals surface area contributed by atoms with Crippen molar-refractivity contribution in [1.29, 1.82) is 0 Å². The number of hydrogen-bond donors (Lipinski definition) is 1. The third-order valence-electron chi connectivity index (χ3n) is 6.68. The molecule has 1 atom stereocenters. The van der Waals surface area contributed by atoms with Crippen molar-refractivity contribution < 1.29 is 9.59 Å². The Morgan fingerprint density at radius 2 is 1.70 bits per heavy atom. The van der Waals surface area contributed by atoms with Crippen LogP contribution in [0.4, 0.5) is 11.4 Å². The monoisotopic (exact) mass is 403 g/mol. The first-order valence-electron chi connectivity index (χ1n) is 11.2. The summed E-state index contributed by atoms with van der Waals surface area (Å²) in [5.41, 5.74) is 2.03. The standard InChI is InChI=1S/C25H29N3O2/c1-17(2)16-27-22-15-9-7-13-20(22)25(24(27)30)26-21-14-8-6-12-19(21)23(29)28(25)18-10-4-3-5-11-18/h6-9,12-15,17-18,26H,3-5,10-11,16H2,1-2H3/t25-/m1/s1. The number of fused-ring (bicyclic) bond motifs is 3. The number of carbonyl (C=O) groups is 2. The summed E-state index contributed by atoms with van der Waals surface area (Å²) < 4.78 is 0. The smallest absolute Gasteiger partial charge is 0.278 e. The van der Waals surface area contributed by atoms with Gasteiger partial charge in [0.2, 0.25) is 5.66 Å². The molecule has 0 unspecified atom stereocenters. The number of nitrogens with zero attached hydrogens (tertiary/aromatic N) is 2. The molecule has 0 aromatic heterocycles. The number of anilines is 2. The van der Waals surface area contributed by atoms with Gasteiger partial charge in [-0.25, -0.2) is 0 Å². The van der Waals surface area contributed by atoms with Crippen LogP contribution in [0.5, 0.6) is 0 Å². The maximum absolute atomic E-state index is 14.2. The zero-order valence-corrected chi connectivity index (χ0v) is 17.7. The van der Waals surface area contributed by atoms with Crippen molar-refractivity contribution in [2.75, 3.05) is 16.8 Å². The molecule has 1 fully saturated rings. The highest BCUT2D eigenvalue weighted by molar-refractivity contribution is 6.15. The number of amides is 2. The van der Waals surface area contributed by atoms with Crippen LogP contribution >= 0.6 is 0 Å². The summed E-state index contributed by atoms with van der Waals surface area (Å²) in [7, 11) is 0. The molecular formula is C25H29N3O2. The van der Waals surface area contributed by atoms with Gasteiger partial charge in [-0.3, -0.25) is 9.59 Å². The van der Waals surface area contributed by atoms with Crippen molar-refractivity contribution in [1.82, 2.24) is 4.90 Å². The molecule has 5 rings (SSSR count). The lowest BCUT2D eigenvalue weighted by molar-refractivity contribution is -0.129. The van der Waals surface area contributed by atoms with Crippen molar-refractivity contribution in [3.8, 4) is 0 Å². The number of rotatable bonds is 3. The average Bonchev–Trinajstić information content (AvgIpc) is 2.98. The molecule has 2 aromatic rings. The van der Waals surface area contributed by atoms with Crippen LogP contribution < -0.4 is 10.2 Å². The fraction of sp³-hybridized carbons (Fsp3) is 0.440. The van der Waals surface area contributed by atoms with E-state index in [4.69, 9.17) is 0 Å². The predicted octanol–water partition coefficient (Wildman–Crippen LogP) is 4.74. The van der Waals surface area contributed by atoms with Crippen molar-refractivity contribution in [3.05, 3.63) is 59.7 Å². The molecule has 3 aliphatic rings. The molecule has 1 aliphatic carbocycles. The van der Waals surface area contributed by atoms with Crippen LogP contribution in [0.1, 0.15) is 61.9 Å². The number of hydrogen-bond acceptors (Lipinski definition) is 3. The molecule has 0 radical (unpaired) electrons. The maximum atomic E-state index is 14.2. The maximum Gasteiger partial charge on any atom is 0.278 e. The van der Waals surface area contributed by atoms with Gasteiger partial charge in [0.15, 0.2) is 0 Å². The van der Waals surface area contributed by atoms with E-state index in [0.29, 0.717) is 18.0 Å². The van der Waals surface area contributed by atoms with Crippen LogP contribution in [0.3, 0.4) is 0 Å². The van der Waals surface area contributed by atoms with Crippen LogP contribution in [0.2, 0.25) is 0 Å². The van der Waals surface area contributed by atoms with Gasteiger partial charge in [0.25, 0.3) is 11.8 Å². The van der Waals surface area contributed by atoms with Gasteiger partial charge in [-0.15, -0.1) is 0 Å². The Morgan fingerprint density at radius 3 is 2.47 bits per heavy atom. The Labute approximate surface area is 178 Å². The quantitative estimate of drug-likeness (QED) is 0.805. The first-order valence-corrected chi connectivity index (χ1v) is 11.2. The summed E-state index contributed by atoms with van der Waals surface area (Å²) in [6.07, 6.45) is 5.27. The van der Waals surface area contributed by atoms with E-state index in [0.717, 1.165) is 42.6 Å². The first-order chi connectivity index (χ1) is 14.5. The van der Waals surface area contributed by atoms with E-state index < -0.39 is 5.66 Å². The lowest BCUT2D eigenvalue weighted by Crippen LogP contribution is -2.65. The molecule has 1 saturated carbocycles. The number of carbonyl (C=O) groups excluding carboxylic acids is 2. The van der Waals surface area contributed by atoms with Crippen molar-refractivity contribution in [3.63, 3.8) is 0 Å². The number of para-hydroxylation sites is 2. The summed E-state index contributed by atoms with van der Waals surface area (Å²) >= 11 is 0. The van der Waals surface area contributed by atoms with Crippen molar-refractivity contribution in [2.45, 2.75) is 57.7 Å². The fourth-order valence-electron chi connectivity index (χ4n) is 5.43. The zero-order chi connectivity index (χ0) is 20.9. The fourth-order valence-corrected chi connectivity index (χ4v) is 5.43. The van der Waals surface area contributed by atoms with Crippen LogP contribution in [0.25, 0.3) is 0 Å².